The zero-order valence-electron chi connectivity index (χ0n) is 16.1. The maximum absolute atomic E-state index is 13.3. The topological polar surface area (TPSA) is 114 Å². The molecule has 1 aliphatic rings. The van der Waals surface area contributed by atoms with Crippen LogP contribution in [-0.4, -0.2) is 51.0 Å². The molecule has 0 spiro atoms. The van der Waals surface area contributed by atoms with E-state index in [1.165, 1.54) is 15.1 Å². The van der Waals surface area contributed by atoms with Gasteiger partial charge in [-0.2, -0.15) is 4.31 Å². The Balaban J connectivity index is 1.62. The van der Waals surface area contributed by atoms with E-state index in [1.54, 1.807) is 12.1 Å². The Bertz CT molecular complexity index is 1330. The number of nitrogens with zero attached hydrogens (tertiary/aromatic N) is 4. The quantitative estimate of drug-likeness (QED) is 0.613. The van der Waals surface area contributed by atoms with E-state index in [9.17, 15) is 22.4 Å². The Morgan fingerprint density at radius 2 is 1.97 bits per heavy atom. The van der Waals surface area contributed by atoms with E-state index >= 15 is 0 Å². The van der Waals surface area contributed by atoms with Gasteiger partial charge in [-0.15, -0.1) is 0 Å². The second-order valence-electron chi connectivity index (χ2n) is 7.19. The number of sulfonamides is 1. The largest absolute Gasteiger partial charge is 0.480 e. The van der Waals surface area contributed by atoms with E-state index in [2.05, 4.69) is 4.98 Å². The number of aliphatic carboxylic acids is 1. The summed E-state index contributed by atoms with van der Waals surface area (Å²) in [5, 5.41) is 8.95. The van der Waals surface area contributed by atoms with Gasteiger partial charge in [-0.25, -0.2) is 22.6 Å². The number of carboxylic acid groups (broad SMARTS) is 1. The molecular formula is C19H18ClFN4O5S. The molecule has 0 saturated carbocycles. The molecule has 12 heteroatoms. The predicted molar refractivity (Wildman–Crippen MR) is 110 cm³/mol. The Morgan fingerprint density at radius 1 is 1.26 bits per heavy atom. The van der Waals surface area contributed by atoms with Gasteiger partial charge in [0.15, 0.2) is 5.65 Å². The summed E-state index contributed by atoms with van der Waals surface area (Å²) in [4.78, 5) is 28.2. The third-order valence-corrected chi connectivity index (χ3v) is 7.70. The molecule has 1 aliphatic heterocycles. The molecule has 9 nitrogen and oxygen atoms in total. The average Bonchev–Trinajstić information content (AvgIpc) is 2.99. The standard InChI is InChI=1S/C19H18ClFN4O5S/c20-14-10-12(21)3-4-16(14)31(29,30)23-8-5-13(6-9-23)25-18-15(2-1-7-22-18)24(19(25)28)11-17(26)27/h1-4,7,10,13H,5-6,8-9,11H2,(H,26,27). The van der Waals surface area contributed by atoms with Crippen LogP contribution < -0.4 is 5.69 Å². The molecule has 3 aromatic rings. The van der Waals surface area contributed by atoms with Gasteiger partial charge in [0, 0.05) is 25.3 Å². The van der Waals surface area contributed by atoms with Crippen molar-refractivity contribution in [1.82, 2.24) is 18.4 Å². The van der Waals surface area contributed by atoms with Crippen LogP contribution in [0.3, 0.4) is 0 Å². The molecule has 31 heavy (non-hydrogen) atoms. The fourth-order valence-electron chi connectivity index (χ4n) is 3.89. The first-order chi connectivity index (χ1) is 14.7. The number of imidazole rings is 1. The van der Waals surface area contributed by atoms with Crippen molar-refractivity contribution in [2.24, 2.45) is 0 Å². The minimum atomic E-state index is -3.93. The van der Waals surface area contributed by atoms with Crippen LogP contribution in [0.25, 0.3) is 11.2 Å². The third kappa shape index (κ3) is 3.84. The van der Waals surface area contributed by atoms with Gasteiger partial charge in [0.1, 0.15) is 17.3 Å². The predicted octanol–water partition coefficient (Wildman–Crippen LogP) is 2.10. The smallest absolute Gasteiger partial charge is 0.331 e. The van der Waals surface area contributed by atoms with Crippen molar-refractivity contribution in [3.8, 4) is 0 Å². The number of hydrogen-bond donors (Lipinski definition) is 1. The fraction of sp³-hybridized carbons (Fsp3) is 0.316. The van der Waals surface area contributed by atoms with Gasteiger partial charge in [0.2, 0.25) is 10.0 Å². The molecule has 0 amide bonds. The van der Waals surface area contributed by atoms with Crippen molar-refractivity contribution in [2.45, 2.75) is 30.3 Å². The van der Waals surface area contributed by atoms with Gasteiger partial charge < -0.3 is 5.11 Å². The number of hydrogen-bond acceptors (Lipinski definition) is 5. The normalized spacial score (nSPS) is 16.1. The number of halogens is 2. The highest BCUT2D eigenvalue weighted by molar-refractivity contribution is 7.89. The number of benzene rings is 1. The van der Waals surface area contributed by atoms with Crippen LogP contribution in [0, 0.1) is 5.82 Å². The number of rotatable bonds is 5. The molecule has 0 atom stereocenters. The van der Waals surface area contributed by atoms with Crippen molar-refractivity contribution in [3.63, 3.8) is 0 Å². The van der Waals surface area contributed by atoms with Crippen LogP contribution in [0.4, 0.5) is 4.39 Å². The molecule has 1 saturated heterocycles. The number of pyridine rings is 1. The first-order valence-corrected chi connectivity index (χ1v) is 11.2. The Labute approximate surface area is 181 Å². The Hall–Kier alpha value is -2.76. The lowest BCUT2D eigenvalue weighted by Gasteiger charge is -2.31. The highest BCUT2D eigenvalue weighted by Gasteiger charge is 2.33. The first kappa shape index (κ1) is 21.5. The third-order valence-electron chi connectivity index (χ3n) is 5.32. The molecule has 1 fully saturated rings. The SMILES string of the molecule is O=C(O)Cn1c(=O)n(C2CCN(S(=O)(=O)c3ccc(F)cc3Cl)CC2)c2ncccc21. The summed E-state index contributed by atoms with van der Waals surface area (Å²) in [6, 6.07) is 6.01. The van der Waals surface area contributed by atoms with E-state index in [0.29, 0.717) is 24.0 Å². The number of carboxylic acids is 1. The molecule has 4 rings (SSSR count). The van der Waals surface area contributed by atoms with E-state index in [1.807, 2.05) is 0 Å². The van der Waals surface area contributed by atoms with Crippen molar-refractivity contribution in [2.75, 3.05) is 13.1 Å². The highest BCUT2D eigenvalue weighted by atomic mass is 35.5. The van der Waals surface area contributed by atoms with Crippen molar-refractivity contribution < 1.29 is 22.7 Å². The number of aromatic nitrogens is 3. The molecule has 3 heterocycles. The summed E-state index contributed by atoms with van der Waals surface area (Å²) < 4.78 is 43.0. The summed E-state index contributed by atoms with van der Waals surface area (Å²) >= 11 is 5.94. The van der Waals surface area contributed by atoms with Gasteiger partial charge in [-0.1, -0.05) is 11.6 Å². The van der Waals surface area contributed by atoms with Crippen LogP contribution in [0.15, 0.2) is 46.2 Å². The number of piperidine rings is 1. The maximum Gasteiger partial charge on any atom is 0.331 e. The number of carbonyl (C=O) groups is 1. The molecule has 0 bridgehead atoms. The van der Waals surface area contributed by atoms with Crippen LogP contribution in [0.5, 0.6) is 0 Å². The molecule has 2 aromatic heterocycles. The summed E-state index contributed by atoms with van der Waals surface area (Å²) in [6.07, 6.45) is 2.15. The summed E-state index contributed by atoms with van der Waals surface area (Å²) in [7, 11) is -3.93. The zero-order valence-corrected chi connectivity index (χ0v) is 17.7. The van der Waals surface area contributed by atoms with E-state index < -0.39 is 34.0 Å². The van der Waals surface area contributed by atoms with Crippen LogP contribution in [0.2, 0.25) is 5.02 Å². The van der Waals surface area contributed by atoms with Crippen molar-refractivity contribution >= 4 is 38.8 Å². The maximum atomic E-state index is 13.3. The Morgan fingerprint density at radius 3 is 2.61 bits per heavy atom. The molecule has 1 aromatic carbocycles. The lowest BCUT2D eigenvalue weighted by Crippen LogP contribution is -2.41. The van der Waals surface area contributed by atoms with Gasteiger partial charge in [0.25, 0.3) is 0 Å². The van der Waals surface area contributed by atoms with Crippen molar-refractivity contribution in [3.05, 3.63) is 57.9 Å². The zero-order chi connectivity index (χ0) is 22.3. The summed E-state index contributed by atoms with van der Waals surface area (Å²) in [5.74, 6) is -1.78. The average molecular weight is 469 g/mol. The second-order valence-corrected chi connectivity index (χ2v) is 9.50. The molecule has 0 unspecified atom stereocenters. The monoisotopic (exact) mass is 468 g/mol. The Kier molecular flexibility index (Phi) is 5.58. The number of fused-ring (bicyclic) bond motifs is 1. The summed E-state index contributed by atoms with van der Waals surface area (Å²) in [6.45, 7) is -0.262. The van der Waals surface area contributed by atoms with Crippen LogP contribution in [0.1, 0.15) is 18.9 Å². The lowest BCUT2D eigenvalue weighted by atomic mass is 10.1. The van der Waals surface area contributed by atoms with Crippen LogP contribution in [-0.2, 0) is 21.4 Å². The minimum Gasteiger partial charge on any atom is -0.480 e. The minimum absolute atomic E-state index is 0.117. The van der Waals surface area contributed by atoms with E-state index in [4.69, 9.17) is 16.7 Å². The first-order valence-electron chi connectivity index (χ1n) is 9.43. The van der Waals surface area contributed by atoms with Gasteiger partial charge in [0.05, 0.1) is 10.5 Å². The van der Waals surface area contributed by atoms with Crippen molar-refractivity contribution in [1.29, 1.82) is 0 Å². The highest BCUT2D eigenvalue weighted by Crippen LogP contribution is 2.31. The second kappa shape index (κ2) is 8.06. The van der Waals surface area contributed by atoms with Gasteiger partial charge in [-0.05, 0) is 43.2 Å². The van der Waals surface area contributed by atoms with Crippen LogP contribution >= 0.6 is 11.6 Å². The fourth-order valence-corrected chi connectivity index (χ4v) is 5.86. The van der Waals surface area contributed by atoms with Gasteiger partial charge >= 0.3 is 11.7 Å². The van der Waals surface area contributed by atoms with E-state index in [-0.39, 0.29) is 29.0 Å². The molecule has 0 radical (unpaired) electrons. The molecular weight excluding hydrogens is 451 g/mol. The molecule has 164 valence electrons. The molecule has 0 aliphatic carbocycles. The summed E-state index contributed by atoms with van der Waals surface area (Å²) in [5.41, 5.74) is 0.263. The van der Waals surface area contributed by atoms with E-state index in [0.717, 1.165) is 22.8 Å². The molecule has 1 N–H and O–H groups in total. The lowest BCUT2D eigenvalue weighted by molar-refractivity contribution is -0.137. The van der Waals surface area contributed by atoms with Gasteiger partial charge in [-0.3, -0.25) is 13.9 Å².